The number of carboxylic acid groups (broad SMARTS) is 1. The first-order valence-electron chi connectivity index (χ1n) is 6.05. The average molecular weight is 271 g/mol. The van der Waals surface area contributed by atoms with Gasteiger partial charge in [0.25, 0.3) is 0 Å². The number of aromatic nitrogens is 1. The van der Waals surface area contributed by atoms with Crippen LogP contribution in [0.15, 0.2) is 12.3 Å². The van der Waals surface area contributed by atoms with Gasteiger partial charge in [-0.2, -0.15) is 0 Å². The van der Waals surface area contributed by atoms with Crippen LogP contribution < -0.4 is 5.32 Å². The number of pyridine rings is 1. The number of aromatic carboxylic acids is 1. The molecule has 0 fully saturated rings. The molecule has 0 amide bonds. The van der Waals surface area contributed by atoms with Crippen LogP contribution in [0.3, 0.4) is 0 Å². The molecule has 0 aromatic carbocycles. The molecule has 0 aliphatic heterocycles. The van der Waals surface area contributed by atoms with Gasteiger partial charge < -0.3 is 10.4 Å². The van der Waals surface area contributed by atoms with Crippen LogP contribution in [0.2, 0.25) is 5.02 Å². The van der Waals surface area contributed by atoms with Gasteiger partial charge in [-0.3, -0.25) is 0 Å². The van der Waals surface area contributed by atoms with Crippen LogP contribution in [0, 0.1) is 5.92 Å². The Bertz CT molecular complexity index is 421. The molecule has 18 heavy (non-hydrogen) atoms. The van der Waals surface area contributed by atoms with Crippen molar-refractivity contribution in [2.75, 3.05) is 5.32 Å². The second kappa shape index (κ2) is 6.59. The van der Waals surface area contributed by atoms with Gasteiger partial charge in [-0.25, -0.2) is 9.78 Å². The van der Waals surface area contributed by atoms with Gasteiger partial charge in [0.2, 0.25) is 0 Å². The van der Waals surface area contributed by atoms with E-state index in [1.165, 1.54) is 12.3 Å². The molecular formula is C13H19ClN2O2. The maximum atomic E-state index is 10.9. The predicted molar refractivity (Wildman–Crippen MR) is 73.4 cm³/mol. The molecule has 1 heterocycles. The van der Waals surface area contributed by atoms with Gasteiger partial charge in [0, 0.05) is 12.2 Å². The summed E-state index contributed by atoms with van der Waals surface area (Å²) in [5.41, 5.74) is 0.0743. The number of nitrogens with one attached hydrogen (secondary N) is 1. The number of hydrogen-bond acceptors (Lipinski definition) is 3. The fraction of sp³-hybridized carbons (Fsp3) is 0.538. The van der Waals surface area contributed by atoms with E-state index in [0.717, 1.165) is 12.8 Å². The van der Waals surface area contributed by atoms with Gasteiger partial charge >= 0.3 is 5.97 Å². The van der Waals surface area contributed by atoms with Crippen molar-refractivity contribution in [1.29, 1.82) is 0 Å². The molecule has 0 aliphatic rings. The molecule has 1 aromatic heterocycles. The molecule has 100 valence electrons. The zero-order chi connectivity index (χ0) is 13.7. The first kappa shape index (κ1) is 14.8. The fourth-order valence-corrected chi connectivity index (χ4v) is 1.77. The minimum atomic E-state index is -1.04. The Labute approximate surface area is 112 Å². The Morgan fingerprint density at radius 1 is 1.44 bits per heavy atom. The lowest BCUT2D eigenvalue weighted by Gasteiger charge is -2.16. The van der Waals surface area contributed by atoms with E-state index in [1.54, 1.807) is 0 Å². The van der Waals surface area contributed by atoms with E-state index in [4.69, 9.17) is 16.7 Å². The lowest BCUT2D eigenvalue weighted by Crippen LogP contribution is -2.17. The van der Waals surface area contributed by atoms with Crippen LogP contribution in [0.25, 0.3) is 0 Å². The molecule has 1 aromatic rings. The molecule has 0 bridgehead atoms. The van der Waals surface area contributed by atoms with Crippen LogP contribution in [0.1, 0.15) is 44.0 Å². The maximum absolute atomic E-state index is 10.9. The van der Waals surface area contributed by atoms with Crippen molar-refractivity contribution >= 4 is 23.4 Å². The van der Waals surface area contributed by atoms with Crippen molar-refractivity contribution in [1.82, 2.24) is 4.98 Å². The number of rotatable bonds is 6. The summed E-state index contributed by atoms with van der Waals surface area (Å²) in [4.78, 5) is 15.0. The minimum Gasteiger partial charge on any atom is -0.478 e. The second-order valence-electron chi connectivity index (χ2n) is 4.87. The van der Waals surface area contributed by atoms with E-state index >= 15 is 0 Å². The summed E-state index contributed by atoms with van der Waals surface area (Å²) in [5.74, 6) is 0.162. The van der Waals surface area contributed by atoms with Crippen molar-refractivity contribution in [3.8, 4) is 0 Å². The molecule has 0 aliphatic carbocycles. The Hall–Kier alpha value is -1.29. The summed E-state index contributed by atoms with van der Waals surface area (Å²) in [6.07, 6.45) is 3.50. The van der Waals surface area contributed by atoms with Crippen molar-refractivity contribution in [3.63, 3.8) is 0 Å². The van der Waals surface area contributed by atoms with E-state index in [9.17, 15) is 4.79 Å². The van der Waals surface area contributed by atoms with Gasteiger partial charge in [-0.05, 0) is 31.7 Å². The Kier molecular flexibility index (Phi) is 5.41. The van der Waals surface area contributed by atoms with Crippen molar-refractivity contribution in [3.05, 3.63) is 22.8 Å². The number of halogens is 1. The van der Waals surface area contributed by atoms with Gasteiger partial charge in [0.1, 0.15) is 5.82 Å². The SMILES string of the molecule is CC(C)CCC(C)Nc1cc(C(=O)O)c(Cl)cn1. The first-order valence-corrected chi connectivity index (χ1v) is 6.43. The summed E-state index contributed by atoms with van der Waals surface area (Å²) >= 11 is 5.76. The zero-order valence-electron chi connectivity index (χ0n) is 10.9. The van der Waals surface area contributed by atoms with Crippen LogP contribution in [0.4, 0.5) is 5.82 Å². The van der Waals surface area contributed by atoms with Crippen molar-refractivity contribution < 1.29 is 9.90 Å². The molecule has 1 atom stereocenters. The highest BCUT2D eigenvalue weighted by Gasteiger charge is 2.11. The first-order chi connectivity index (χ1) is 8.40. The number of carbonyl (C=O) groups is 1. The van der Waals surface area contributed by atoms with E-state index in [2.05, 4.69) is 31.1 Å². The normalized spacial score (nSPS) is 12.5. The molecule has 1 unspecified atom stereocenters. The average Bonchev–Trinajstić information content (AvgIpc) is 2.28. The molecule has 1 rings (SSSR count). The number of hydrogen-bond donors (Lipinski definition) is 2. The lowest BCUT2D eigenvalue weighted by atomic mass is 10.0. The van der Waals surface area contributed by atoms with Crippen LogP contribution in [-0.2, 0) is 0 Å². The van der Waals surface area contributed by atoms with E-state index < -0.39 is 5.97 Å². The molecular weight excluding hydrogens is 252 g/mol. The van der Waals surface area contributed by atoms with Gasteiger partial charge in [-0.1, -0.05) is 25.4 Å². The second-order valence-corrected chi connectivity index (χ2v) is 5.28. The highest BCUT2D eigenvalue weighted by molar-refractivity contribution is 6.33. The van der Waals surface area contributed by atoms with Crippen LogP contribution in [0.5, 0.6) is 0 Å². The summed E-state index contributed by atoms with van der Waals surface area (Å²) in [7, 11) is 0. The highest BCUT2D eigenvalue weighted by atomic mass is 35.5. The third-order valence-corrected chi connectivity index (χ3v) is 2.96. The van der Waals surface area contributed by atoms with E-state index in [0.29, 0.717) is 11.7 Å². The van der Waals surface area contributed by atoms with Crippen molar-refractivity contribution in [2.24, 2.45) is 5.92 Å². The zero-order valence-corrected chi connectivity index (χ0v) is 11.7. The Morgan fingerprint density at radius 3 is 2.67 bits per heavy atom. The topological polar surface area (TPSA) is 62.2 Å². The Morgan fingerprint density at radius 2 is 2.11 bits per heavy atom. The van der Waals surface area contributed by atoms with Gasteiger partial charge in [-0.15, -0.1) is 0 Å². The largest absolute Gasteiger partial charge is 0.478 e. The predicted octanol–water partition coefficient (Wildman–Crippen LogP) is 3.67. The molecule has 0 radical (unpaired) electrons. The third-order valence-electron chi connectivity index (χ3n) is 2.66. The van der Waals surface area contributed by atoms with Crippen molar-refractivity contribution in [2.45, 2.75) is 39.7 Å². The molecule has 4 nitrogen and oxygen atoms in total. The maximum Gasteiger partial charge on any atom is 0.337 e. The van der Waals surface area contributed by atoms with Gasteiger partial charge in [0.15, 0.2) is 0 Å². The summed E-state index contributed by atoms with van der Waals surface area (Å²) in [6, 6.07) is 1.72. The molecule has 2 N–H and O–H groups in total. The van der Waals surface area contributed by atoms with E-state index in [-0.39, 0.29) is 16.6 Å². The smallest absolute Gasteiger partial charge is 0.337 e. The highest BCUT2D eigenvalue weighted by Crippen LogP contribution is 2.19. The van der Waals surface area contributed by atoms with Gasteiger partial charge in [0.05, 0.1) is 10.6 Å². The number of nitrogens with zero attached hydrogens (tertiary/aromatic N) is 1. The number of carboxylic acids is 1. The quantitative estimate of drug-likeness (QED) is 0.828. The number of anilines is 1. The summed E-state index contributed by atoms with van der Waals surface area (Å²) < 4.78 is 0. The molecule has 0 saturated heterocycles. The summed E-state index contributed by atoms with van der Waals surface area (Å²) in [5, 5.41) is 12.3. The fourth-order valence-electron chi connectivity index (χ4n) is 1.59. The molecule has 5 heteroatoms. The Balaban J connectivity index is 2.67. The van der Waals surface area contributed by atoms with Crippen LogP contribution >= 0.6 is 11.6 Å². The standard InChI is InChI=1S/C13H19ClN2O2/c1-8(2)4-5-9(3)16-12-6-10(13(17)18)11(14)7-15-12/h6-9H,4-5H2,1-3H3,(H,15,16)(H,17,18). The van der Waals surface area contributed by atoms with E-state index in [1.807, 2.05) is 0 Å². The monoisotopic (exact) mass is 270 g/mol. The summed E-state index contributed by atoms with van der Waals surface area (Å²) in [6.45, 7) is 6.41. The molecule has 0 spiro atoms. The molecule has 0 saturated carbocycles. The lowest BCUT2D eigenvalue weighted by molar-refractivity contribution is 0.0697. The minimum absolute atomic E-state index is 0.0743. The third kappa shape index (κ3) is 4.53. The van der Waals surface area contributed by atoms with Crippen LogP contribution in [-0.4, -0.2) is 22.1 Å².